The fraction of sp³-hybridized carbons (Fsp3) is 0.833. The van der Waals surface area contributed by atoms with Crippen molar-refractivity contribution in [1.82, 2.24) is 0 Å². The summed E-state index contributed by atoms with van der Waals surface area (Å²) in [7, 11) is -3.63. The van der Waals surface area contributed by atoms with Gasteiger partial charge in [-0.2, -0.15) is 8.42 Å². The van der Waals surface area contributed by atoms with Crippen LogP contribution in [0.1, 0.15) is 6.42 Å². The summed E-state index contributed by atoms with van der Waals surface area (Å²) >= 11 is 1.18. The molecular weight excluding hydrogens is 214 g/mol. The number of rotatable bonds is 4. The lowest BCUT2D eigenvalue weighted by Gasteiger charge is -2.02. The molecule has 0 radical (unpaired) electrons. The van der Waals surface area contributed by atoms with Crippen LogP contribution in [0.15, 0.2) is 4.99 Å². The van der Waals surface area contributed by atoms with Crippen molar-refractivity contribution < 1.29 is 17.7 Å². The van der Waals surface area contributed by atoms with Gasteiger partial charge in [-0.05, 0) is 6.42 Å². The first-order chi connectivity index (χ1) is 6.17. The van der Waals surface area contributed by atoms with Crippen LogP contribution in [0.5, 0.6) is 0 Å². The SMILES string of the molecule is O=S(=O)(OCCCO)C1=NCCS1. The molecule has 13 heavy (non-hydrogen) atoms. The van der Waals surface area contributed by atoms with Crippen molar-refractivity contribution in [3.05, 3.63) is 0 Å². The second-order valence-corrected chi connectivity index (χ2v) is 5.22. The molecule has 1 rings (SSSR count). The standard InChI is InChI=1S/C6H11NO4S2/c8-3-1-4-11-13(9,10)6-7-2-5-12-6/h8H,1-5H2. The molecule has 76 valence electrons. The highest BCUT2D eigenvalue weighted by molar-refractivity contribution is 8.34. The van der Waals surface area contributed by atoms with Crippen molar-refractivity contribution in [2.24, 2.45) is 4.99 Å². The molecule has 0 atom stereocenters. The van der Waals surface area contributed by atoms with Gasteiger partial charge in [-0.15, -0.1) is 0 Å². The van der Waals surface area contributed by atoms with Crippen molar-refractivity contribution in [3.8, 4) is 0 Å². The van der Waals surface area contributed by atoms with Crippen molar-refractivity contribution >= 4 is 26.3 Å². The zero-order valence-corrected chi connectivity index (χ0v) is 8.60. The molecule has 7 heteroatoms. The quantitative estimate of drug-likeness (QED) is 0.530. The molecule has 0 amide bonds. The van der Waals surface area contributed by atoms with Crippen molar-refractivity contribution in [3.63, 3.8) is 0 Å². The average molecular weight is 225 g/mol. The molecule has 0 aliphatic carbocycles. The average Bonchev–Trinajstić information content (AvgIpc) is 2.56. The molecule has 1 N–H and O–H groups in total. The van der Waals surface area contributed by atoms with Gasteiger partial charge < -0.3 is 5.11 Å². The molecule has 0 fully saturated rings. The third-order valence-corrected chi connectivity index (χ3v) is 4.08. The van der Waals surface area contributed by atoms with Crippen molar-refractivity contribution in [2.75, 3.05) is 25.5 Å². The Morgan fingerprint density at radius 1 is 1.62 bits per heavy atom. The molecule has 0 bridgehead atoms. The number of thioether (sulfide) groups is 1. The predicted octanol–water partition coefficient (Wildman–Crippen LogP) is -0.182. The van der Waals surface area contributed by atoms with E-state index in [1.165, 1.54) is 11.8 Å². The monoisotopic (exact) mass is 225 g/mol. The van der Waals surface area contributed by atoms with Crippen LogP contribution in [0.3, 0.4) is 0 Å². The number of hydrogen-bond acceptors (Lipinski definition) is 6. The molecule has 1 heterocycles. The van der Waals surface area contributed by atoms with Gasteiger partial charge in [-0.3, -0.25) is 9.18 Å². The Kier molecular flexibility index (Phi) is 4.17. The lowest BCUT2D eigenvalue weighted by molar-refractivity contribution is 0.239. The highest BCUT2D eigenvalue weighted by Crippen LogP contribution is 2.17. The molecule has 0 aromatic carbocycles. The van der Waals surface area contributed by atoms with E-state index in [1.807, 2.05) is 0 Å². The van der Waals surface area contributed by atoms with E-state index >= 15 is 0 Å². The summed E-state index contributed by atoms with van der Waals surface area (Å²) in [5, 5.41) is 8.42. The molecule has 1 aliphatic rings. The Balaban J connectivity index is 2.46. The number of aliphatic hydroxyl groups excluding tert-OH is 1. The largest absolute Gasteiger partial charge is 0.396 e. The number of hydrogen-bond donors (Lipinski definition) is 1. The Bertz CT molecular complexity index is 285. The minimum absolute atomic E-state index is 0.0123. The molecule has 1 aliphatic heterocycles. The first-order valence-corrected chi connectivity index (χ1v) is 6.24. The summed E-state index contributed by atoms with van der Waals surface area (Å²) < 4.78 is 27.2. The zero-order chi connectivity index (χ0) is 9.73. The molecule has 0 spiro atoms. The topological polar surface area (TPSA) is 76.0 Å². The second kappa shape index (κ2) is 4.94. The van der Waals surface area contributed by atoms with Crippen molar-refractivity contribution in [2.45, 2.75) is 6.42 Å². The molecule has 0 aromatic heterocycles. The van der Waals surface area contributed by atoms with Gasteiger partial charge in [-0.1, -0.05) is 11.8 Å². The summed E-state index contributed by atoms with van der Waals surface area (Å²) in [6.07, 6.45) is 0.317. The summed E-state index contributed by atoms with van der Waals surface area (Å²) in [6.45, 7) is 0.468. The summed E-state index contributed by atoms with van der Waals surface area (Å²) in [5.74, 6) is 0.692. The van der Waals surface area contributed by atoms with Gasteiger partial charge in [-0.25, -0.2) is 0 Å². The van der Waals surface area contributed by atoms with Crippen LogP contribution in [0.2, 0.25) is 0 Å². The molecule has 0 saturated carbocycles. The first kappa shape index (κ1) is 11.0. The van der Waals surface area contributed by atoms with Gasteiger partial charge in [0.2, 0.25) is 4.38 Å². The van der Waals surface area contributed by atoms with Crippen LogP contribution in [0, 0.1) is 0 Å². The van der Waals surface area contributed by atoms with E-state index in [0.717, 1.165) is 0 Å². The highest BCUT2D eigenvalue weighted by Gasteiger charge is 2.23. The number of nitrogens with zero attached hydrogens (tertiary/aromatic N) is 1. The Morgan fingerprint density at radius 3 is 2.92 bits per heavy atom. The highest BCUT2D eigenvalue weighted by atomic mass is 32.3. The van der Waals surface area contributed by atoms with E-state index in [1.54, 1.807) is 0 Å². The van der Waals surface area contributed by atoms with E-state index in [9.17, 15) is 8.42 Å². The van der Waals surface area contributed by atoms with Gasteiger partial charge in [0.05, 0.1) is 13.2 Å². The fourth-order valence-electron chi connectivity index (χ4n) is 0.750. The maximum atomic E-state index is 11.3. The summed E-state index contributed by atoms with van der Waals surface area (Å²) in [6, 6.07) is 0. The van der Waals surface area contributed by atoms with E-state index in [4.69, 9.17) is 5.11 Å². The van der Waals surface area contributed by atoms with Gasteiger partial charge >= 0.3 is 10.1 Å². The van der Waals surface area contributed by atoms with Crippen molar-refractivity contribution in [1.29, 1.82) is 0 Å². The van der Waals surface area contributed by atoms with Gasteiger partial charge in [0.25, 0.3) is 0 Å². The van der Waals surface area contributed by atoms with E-state index in [0.29, 0.717) is 18.7 Å². The zero-order valence-electron chi connectivity index (χ0n) is 6.97. The summed E-state index contributed by atoms with van der Waals surface area (Å²) in [4.78, 5) is 3.79. The molecule has 0 unspecified atom stereocenters. The van der Waals surface area contributed by atoms with Crippen LogP contribution in [-0.4, -0.2) is 43.4 Å². The normalized spacial score (nSPS) is 17.5. The first-order valence-electron chi connectivity index (χ1n) is 3.84. The molecular formula is C6H11NO4S2. The Hall–Kier alpha value is -0.110. The lowest BCUT2D eigenvalue weighted by atomic mass is 10.5. The third kappa shape index (κ3) is 3.26. The van der Waals surface area contributed by atoms with Crippen LogP contribution in [0.25, 0.3) is 0 Å². The molecule has 5 nitrogen and oxygen atoms in total. The Morgan fingerprint density at radius 2 is 2.38 bits per heavy atom. The van der Waals surface area contributed by atoms with Gasteiger partial charge in [0.15, 0.2) is 0 Å². The summed E-state index contributed by atoms with van der Waals surface area (Å²) in [5.41, 5.74) is 0. The van der Waals surface area contributed by atoms with Gasteiger partial charge in [0.1, 0.15) is 0 Å². The minimum atomic E-state index is -3.63. The third-order valence-electron chi connectivity index (χ3n) is 1.31. The van der Waals surface area contributed by atoms with Gasteiger partial charge in [0, 0.05) is 12.4 Å². The van der Waals surface area contributed by atoms with Crippen LogP contribution < -0.4 is 0 Å². The van der Waals surface area contributed by atoms with E-state index < -0.39 is 10.1 Å². The lowest BCUT2D eigenvalue weighted by Crippen LogP contribution is -2.14. The number of aliphatic hydroxyl groups is 1. The number of aliphatic imine (C=N–C) groups is 1. The predicted molar refractivity (Wildman–Crippen MR) is 51.3 cm³/mol. The van der Waals surface area contributed by atoms with Crippen LogP contribution >= 0.6 is 11.8 Å². The molecule has 0 aromatic rings. The van der Waals surface area contributed by atoms with E-state index in [-0.39, 0.29) is 17.6 Å². The maximum Gasteiger partial charge on any atom is 0.320 e. The van der Waals surface area contributed by atoms with Crippen LogP contribution in [-0.2, 0) is 14.3 Å². The second-order valence-electron chi connectivity index (χ2n) is 2.35. The smallest absolute Gasteiger partial charge is 0.320 e. The Labute approximate surface area is 81.3 Å². The van der Waals surface area contributed by atoms with Crippen LogP contribution in [0.4, 0.5) is 0 Å². The maximum absolute atomic E-state index is 11.3. The molecule has 0 saturated heterocycles. The van der Waals surface area contributed by atoms with E-state index in [2.05, 4.69) is 9.18 Å². The minimum Gasteiger partial charge on any atom is -0.396 e. The fourth-order valence-corrected chi connectivity index (χ4v) is 2.95.